The normalized spacial score (nSPS) is 15.0. The molecule has 0 aliphatic carbocycles. The minimum absolute atomic E-state index is 0.0629. The predicted octanol–water partition coefficient (Wildman–Crippen LogP) is 5.97. The van der Waals surface area contributed by atoms with Gasteiger partial charge in [0, 0.05) is 11.6 Å². The lowest BCUT2D eigenvalue weighted by molar-refractivity contribution is -0.384. The molecule has 3 aromatic rings. The molecule has 9 heteroatoms. The molecule has 2 heterocycles. The van der Waals surface area contributed by atoms with Crippen LogP contribution in [0, 0.1) is 10.1 Å². The van der Waals surface area contributed by atoms with Gasteiger partial charge in [0.2, 0.25) is 0 Å². The number of hydrogen-bond acceptors (Lipinski definition) is 5. The van der Waals surface area contributed by atoms with E-state index in [4.69, 9.17) is 27.6 Å². The van der Waals surface area contributed by atoms with E-state index in [0.29, 0.717) is 34.1 Å². The number of carbonyl (C=O) groups is 1. The van der Waals surface area contributed by atoms with Gasteiger partial charge >= 0.3 is 0 Å². The maximum Gasteiger partial charge on any atom is 0.288 e. The summed E-state index contributed by atoms with van der Waals surface area (Å²) < 4.78 is 5.77. The minimum atomic E-state index is -0.594. The highest BCUT2D eigenvalue weighted by Gasteiger charge is 2.29. The maximum atomic E-state index is 12.8. The largest absolute Gasteiger partial charge is 0.457 e. The number of hydrazone groups is 1. The van der Waals surface area contributed by atoms with Crippen molar-refractivity contribution in [2.24, 2.45) is 5.10 Å². The van der Waals surface area contributed by atoms with Crippen LogP contribution in [0.3, 0.4) is 0 Å². The van der Waals surface area contributed by atoms with Crippen molar-refractivity contribution in [3.05, 3.63) is 86.1 Å². The summed E-state index contributed by atoms with van der Waals surface area (Å²) in [4.78, 5) is 23.4. The van der Waals surface area contributed by atoms with E-state index in [-0.39, 0.29) is 21.6 Å². The number of anilines is 1. The zero-order chi connectivity index (χ0) is 21.4. The van der Waals surface area contributed by atoms with E-state index in [1.54, 1.807) is 37.3 Å². The fourth-order valence-electron chi connectivity index (χ4n) is 3.01. The molecule has 4 rings (SSSR count). The quantitative estimate of drug-likeness (QED) is 0.283. The van der Waals surface area contributed by atoms with Crippen LogP contribution in [0.25, 0.3) is 17.4 Å². The van der Waals surface area contributed by atoms with Crippen LogP contribution in [0.1, 0.15) is 12.7 Å². The Kier molecular flexibility index (Phi) is 5.15. The molecule has 0 bridgehead atoms. The SMILES string of the molecule is CC1=NN(c2ccccc2)C(=O)/C1=C/c1ccc(-c2cc([N+](=O)[O-])c(Cl)cc2Cl)o1. The minimum Gasteiger partial charge on any atom is -0.457 e. The van der Waals surface area contributed by atoms with E-state index < -0.39 is 4.92 Å². The van der Waals surface area contributed by atoms with Crippen LogP contribution < -0.4 is 5.01 Å². The number of nitrogens with zero attached hydrogens (tertiary/aromatic N) is 3. The standard InChI is InChI=1S/C21H13Cl2N3O4/c1-12-15(21(27)25(24-12)13-5-3-2-4-6-13)9-14-7-8-20(30-14)16-10-19(26(28)29)18(23)11-17(16)22/h2-11H,1H3/b15-9+. The summed E-state index contributed by atoms with van der Waals surface area (Å²) in [7, 11) is 0. The molecule has 0 radical (unpaired) electrons. The first kappa shape index (κ1) is 19.9. The first-order valence-electron chi connectivity index (χ1n) is 8.75. The molecular formula is C21H13Cl2N3O4. The first-order chi connectivity index (χ1) is 14.3. The van der Waals surface area contributed by atoms with E-state index in [2.05, 4.69) is 5.10 Å². The second kappa shape index (κ2) is 7.78. The lowest BCUT2D eigenvalue weighted by Crippen LogP contribution is -2.21. The molecule has 0 saturated heterocycles. The Morgan fingerprint density at radius 1 is 1.10 bits per heavy atom. The average Bonchev–Trinajstić information content (AvgIpc) is 3.28. The average molecular weight is 442 g/mol. The molecule has 1 aliphatic rings. The summed E-state index contributed by atoms with van der Waals surface area (Å²) in [5.41, 5.74) is 1.63. The van der Waals surface area contributed by atoms with Crippen molar-refractivity contribution in [2.75, 3.05) is 5.01 Å². The van der Waals surface area contributed by atoms with Crippen molar-refractivity contribution >= 4 is 52.3 Å². The number of amides is 1. The summed E-state index contributed by atoms with van der Waals surface area (Å²) in [6.07, 6.45) is 1.58. The highest BCUT2D eigenvalue weighted by atomic mass is 35.5. The molecule has 0 fully saturated rings. The van der Waals surface area contributed by atoms with Crippen molar-refractivity contribution < 1.29 is 14.1 Å². The Labute approximate surface area is 181 Å². The molecule has 0 atom stereocenters. The van der Waals surface area contributed by atoms with Gasteiger partial charge in [-0.15, -0.1) is 0 Å². The number of nitro groups is 1. The maximum absolute atomic E-state index is 12.8. The van der Waals surface area contributed by atoms with Crippen LogP contribution >= 0.6 is 23.2 Å². The van der Waals surface area contributed by atoms with Gasteiger partial charge in [-0.2, -0.15) is 10.1 Å². The predicted molar refractivity (Wildman–Crippen MR) is 116 cm³/mol. The number of rotatable bonds is 4. The fourth-order valence-corrected chi connectivity index (χ4v) is 3.56. The number of para-hydroxylation sites is 1. The second-order valence-electron chi connectivity index (χ2n) is 6.44. The number of halogens is 2. The van der Waals surface area contributed by atoms with Crippen LogP contribution in [0.15, 0.2) is 69.7 Å². The van der Waals surface area contributed by atoms with Gasteiger partial charge < -0.3 is 4.42 Å². The Morgan fingerprint density at radius 2 is 1.83 bits per heavy atom. The van der Waals surface area contributed by atoms with Crippen LogP contribution in [0.2, 0.25) is 10.0 Å². The molecule has 0 saturated carbocycles. The van der Waals surface area contributed by atoms with E-state index in [0.717, 1.165) is 0 Å². The van der Waals surface area contributed by atoms with Crippen molar-refractivity contribution in [1.29, 1.82) is 0 Å². The van der Waals surface area contributed by atoms with Crippen molar-refractivity contribution in [2.45, 2.75) is 6.92 Å². The Balaban J connectivity index is 1.67. The smallest absolute Gasteiger partial charge is 0.288 e. The molecule has 1 aliphatic heterocycles. The van der Waals surface area contributed by atoms with Gasteiger partial charge in [0.05, 0.1) is 26.9 Å². The topological polar surface area (TPSA) is 89.0 Å². The Hall–Kier alpha value is -3.42. The van der Waals surface area contributed by atoms with Crippen LogP contribution in [-0.2, 0) is 4.79 Å². The summed E-state index contributed by atoms with van der Waals surface area (Å²) in [6.45, 7) is 1.73. The molecular weight excluding hydrogens is 429 g/mol. The summed E-state index contributed by atoms with van der Waals surface area (Å²) in [5, 5.41) is 16.9. The molecule has 0 N–H and O–H groups in total. The molecule has 30 heavy (non-hydrogen) atoms. The summed E-state index contributed by atoms with van der Waals surface area (Å²) >= 11 is 12.1. The van der Waals surface area contributed by atoms with E-state index in [9.17, 15) is 14.9 Å². The zero-order valence-electron chi connectivity index (χ0n) is 15.5. The van der Waals surface area contributed by atoms with Crippen molar-refractivity contribution in [1.82, 2.24) is 0 Å². The fraction of sp³-hybridized carbons (Fsp3) is 0.0476. The summed E-state index contributed by atoms with van der Waals surface area (Å²) in [6, 6.07) is 14.9. The van der Waals surface area contributed by atoms with Gasteiger partial charge in [-0.25, -0.2) is 0 Å². The summed E-state index contributed by atoms with van der Waals surface area (Å²) in [5.74, 6) is 0.412. The molecule has 1 aromatic heterocycles. The molecule has 1 amide bonds. The Bertz CT molecular complexity index is 1230. The van der Waals surface area contributed by atoms with Gasteiger partial charge in [-0.3, -0.25) is 14.9 Å². The number of furan rings is 1. The number of hydrogen-bond donors (Lipinski definition) is 0. The van der Waals surface area contributed by atoms with Crippen LogP contribution in [0.4, 0.5) is 11.4 Å². The third-order valence-electron chi connectivity index (χ3n) is 4.48. The van der Waals surface area contributed by atoms with E-state index in [1.807, 2.05) is 18.2 Å². The molecule has 0 unspecified atom stereocenters. The molecule has 2 aromatic carbocycles. The Morgan fingerprint density at radius 3 is 2.53 bits per heavy atom. The molecule has 0 spiro atoms. The zero-order valence-corrected chi connectivity index (χ0v) is 17.0. The van der Waals surface area contributed by atoms with Gasteiger partial charge in [0.15, 0.2) is 0 Å². The highest BCUT2D eigenvalue weighted by molar-refractivity contribution is 6.37. The van der Waals surface area contributed by atoms with Gasteiger partial charge in [0.1, 0.15) is 16.5 Å². The van der Waals surface area contributed by atoms with E-state index in [1.165, 1.54) is 17.1 Å². The lowest BCUT2D eigenvalue weighted by atomic mass is 10.1. The van der Waals surface area contributed by atoms with Crippen LogP contribution in [0.5, 0.6) is 0 Å². The first-order valence-corrected chi connectivity index (χ1v) is 9.51. The monoisotopic (exact) mass is 441 g/mol. The number of nitro benzene ring substituents is 1. The van der Waals surface area contributed by atoms with Crippen LogP contribution in [-0.4, -0.2) is 16.5 Å². The third-order valence-corrected chi connectivity index (χ3v) is 5.09. The van der Waals surface area contributed by atoms with Gasteiger partial charge in [-0.1, -0.05) is 41.4 Å². The third kappa shape index (κ3) is 3.60. The number of carbonyl (C=O) groups excluding carboxylic acids is 1. The van der Waals surface area contributed by atoms with Gasteiger partial charge in [-0.05, 0) is 43.3 Å². The van der Waals surface area contributed by atoms with Crippen molar-refractivity contribution in [3.8, 4) is 11.3 Å². The highest BCUT2D eigenvalue weighted by Crippen LogP contribution is 2.37. The lowest BCUT2D eigenvalue weighted by Gasteiger charge is -2.10. The molecule has 150 valence electrons. The number of benzene rings is 2. The second-order valence-corrected chi connectivity index (χ2v) is 7.25. The van der Waals surface area contributed by atoms with Crippen molar-refractivity contribution in [3.63, 3.8) is 0 Å². The molecule has 7 nitrogen and oxygen atoms in total. The van der Waals surface area contributed by atoms with E-state index >= 15 is 0 Å². The van der Waals surface area contributed by atoms with Gasteiger partial charge in [0.25, 0.3) is 11.6 Å².